The van der Waals surface area contributed by atoms with E-state index in [2.05, 4.69) is 10.6 Å². The topological polar surface area (TPSA) is 93.5 Å². The lowest BCUT2D eigenvalue weighted by Gasteiger charge is -2.08. The molecule has 0 saturated carbocycles. The van der Waals surface area contributed by atoms with Gasteiger partial charge in [0.1, 0.15) is 5.82 Å². The zero-order chi connectivity index (χ0) is 15.0. The van der Waals surface area contributed by atoms with Gasteiger partial charge in [-0.1, -0.05) is 6.07 Å². The summed E-state index contributed by atoms with van der Waals surface area (Å²) >= 11 is 0. The predicted octanol–water partition coefficient (Wildman–Crippen LogP) is 0.290. The van der Waals surface area contributed by atoms with Crippen LogP contribution in [0.4, 0.5) is 10.1 Å². The molecule has 1 aromatic rings. The summed E-state index contributed by atoms with van der Waals surface area (Å²) in [6, 6.07) is 4.00. The molecule has 4 N–H and O–H groups in total. The molecular formula is C13H18FN3O3. The van der Waals surface area contributed by atoms with Crippen molar-refractivity contribution in [2.24, 2.45) is 0 Å². The van der Waals surface area contributed by atoms with Gasteiger partial charge in [0.05, 0.1) is 17.9 Å². The Hall–Kier alpha value is -2.15. The van der Waals surface area contributed by atoms with Gasteiger partial charge in [0.25, 0.3) is 5.91 Å². The SMILES string of the molecule is COCCNC(=O)CCNC(=O)c1cccc(F)c1N. The number of hydrogen-bond donors (Lipinski definition) is 3. The van der Waals surface area contributed by atoms with Gasteiger partial charge < -0.3 is 21.1 Å². The van der Waals surface area contributed by atoms with Crippen LogP contribution in [-0.4, -0.2) is 38.6 Å². The number of hydrogen-bond acceptors (Lipinski definition) is 4. The number of benzene rings is 1. The van der Waals surface area contributed by atoms with Crippen molar-refractivity contribution < 1.29 is 18.7 Å². The van der Waals surface area contributed by atoms with Gasteiger partial charge in [-0.2, -0.15) is 0 Å². The Balaban J connectivity index is 2.37. The molecular weight excluding hydrogens is 265 g/mol. The fraction of sp³-hybridized carbons (Fsp3) is 0.385. The van der Waals surface area contributed by atoms with Crippen molar-refractivity contribution >= 4 is 17.5 Å². The molecule has 0 fully saturated rings. The molecule has 0 saturated heterocycles. The highest BCUT2D eigenvalue weighted by atomic mass is 19.1. The number of anilines is 1. The van der Waals surface area contributed by atoms with Crippen molar-refractivity contribution in [1.82, 2.24) is 10.6 Å². The molecule has 0 aliphatic heterocycles. The number of nitrogens with two attached hydrogens (primary N) is 1. The molecule has 0 aliphatic carbocycles. The second-order valence-electron chi connectivity index (χ2n) is 4.05. The van der Waals surface area contributed by atoms with Gasteiger partial charge in [-0.15, -0.1) is 0 Å². The maximum atomic E-state index is 13.2. The third-order valence-corrected chi connectivity index (χ3v) is 2.56. The van der Waals surface area contributed by atoms with Gasteiger partial charge in [-0.3, -0.25) is 9.59 Å². The highest BCUT2D eigenvalue weighted by Crippen LogP contribution is 2.15. The maximum Gasteiger partial charge on any atom is 0.253 e. The Morgan fingerprint density at radius 3 is 2.75 bits per heavy atom. The highest BCUT2D eigenvalue weighted by molar-refractivity contribution is 5.99. The number of halogens is 1. The molecule has 0 radical (unpaired) electrons. The van der Waals surface area contributed by atoms with Crippen molar-refractivity contribution in [1.29, 1.82) is 0 Å². The summed E-state index contributed by atoms with van der Waals surface area (Å²) in [5.74, 6) is -1.35. The summed E-state index contributed by atoms with van der Waals surface area (Å²) in [4.78, 5) is 23.1. The summed E-state index contributed by atoms with van der Waals surface area (Å²) in [7, 11) is 1.54. The van der Waals surface area contributed by atoms with Crippen molar-refractivity contribution in [3.8, 4) is 0 Å². The number of amides is 2. The van der Waals surface area contributed by atoms with E-state index in [9.17, 15) is 14.0 Å². The van der Waals surface area contributed by atoms with Gasteiger partial charge in [0.15, 0.2) is 0 Å². The van der Waals surface area contributed by atoms with Gasteiger partial charge in [-0.05, 0) is 12.1 Å². The minimum atomic E-state index is -0.644. The van der Waals surface area contributed by atoms with E-state index in [1.54, 1.807) is 0 Å². The smallest absolute Gasteiger partial charge is 0.253 e. The van der Waals surface area contributed by atoms with Crippen LogP contribution in [0.3, 0.4) is 0 Å². The lowest BCUT2D eigenvalue weighted by molar-refractivity contribution is -0.121. The average Bonchev–Trinajstić information content (AvgIpc) is 2.42. The number of nitrogens with one attached hydrogen (secondary N) is 2. The van der Waals surface area contributed by atoms with Crippen molar-refractivity contribution in [3.05, 3.63) is 29.6 Å². The first-order valence-corrected chi connectivity index (χ1v) is 6.14. The molecule has 2 amide bonds. The molecule has 6 nitrogen and oxygen atoms in total. The molecule has 0 aromatic heterocycles. The first-order valence-electron chi connectivity index (χ1n) is 6.14. The van der Waals surface area contributed by atoms with Crippen LogP contribution in [0.25, 0.3) is 0 Å². The molecule has 0 spiro atoms. The monoisotopic (exact) mass is 283 g/mol. The van der Waals surface area contributed by atoms with Gasteiger partial charge in [0.2, 0.25) is 5.91 Å². The van der Waals surface area contributed by atoms with Crippen LogP contribution < -0.4 is 16.4 Å². The highest BCUT2D eigenvalue weighted by Gasteiger charge is 2.12. The first-order chi connectivity index (χ1) is 9.56. The Morgan fingerprint density at radius 2 is 2.05 bits per heavy atom. The van der Waals surface area contributed by atoms with Crippen LogP contribution in [0.1, 0.15) is 16.8 Å². The largest absolute Gasteiger partial charge is 0.396 e. The van der Waals surface area contributed by atoms with Crippen LogP contribution >= 0.6 is 0 Å². The molecule has 110 valence electrons. The standard InChI is InChI=1S/C13H18FN3O3/c1-20-8-7-16-11(18)5-6-17-13(19)9-3-2-4-10(14)12(9)15/h2-4H,5-8,15H2,1H3,(H,16,18)(H,17,19). The number of carbonyl (C=O) groups is 2. The Morgan fingerprint density at radius 1 is 1.30 bits per heavy atom. The number of nitrogen functional groups attached to an aromatic ring is 1. The van der Waals surface area contributed by atoms with E-state index in [-0.39, 0.29) is 30.1 Å². The second kappa shape index (κ2) is 8.11. The third-order valence-electron chi connectivity index (χ3n) is 2.56. The van der Waals surface area contributed by atoms with E-state index in [0.717, 1.165) is 0 Å². The van der Waals surface area contributed by atoms with E-state index in [1.165, 1.54) is 25.3 Å². The zero-order valence-corrected chi connectivity index (χ0v) is 11.2. The fourth-order valence-electron chi connectivity index (χ4n) is 1.50. The van der Waals surface area contributed by atoms with E-state index in [0.29, 0.717) is 13.2 Å². The fourth-order valence-corrected chi connectivity index (χ4v) is 1.50. The molecule has 0 unspecified atom stereocenters. The van der Waals surface area contributed by atoms with Crippen molar-refractivity contribution in [2.75, 3.05) is 32.5 Å². The minimum absolute atomic E-state index is 0.0600. The van der Waals surface area contributed by atoms with Crippen LogP contribution in [0.5, 0.6) is 0 Å². The molecule has 0 bridgehead atoms. The molecule has 0 aliphatic rings. The molecule has 7 heteroatoms. The summed E-state index contributed by atoms with van der Waals surface area (Å²) in [6.45, 7) is 0.992. The van der Waals surface area contributed by atoms with Crippen molar-refractivity contribution in [2.45, 2.75) is 6.42 Å². The van der Waals surface area contributed by atoms with E-state index >= 15 is 0 Å². The Labute approximate surface area is 116 Å². The summed E-state index contributed by atoms with van der Waals surface area (Å²) in [5.41, 5.74) is 5.33. The zero-order valence-electron chi connectivity index (χ0n) is 11.2. The van der Waals surface area contributed by atoms with Crippen LogP contribution in [0.15, 0.2) is 18.2 Å². The number of carbonyl (C=O) groups excluding carboxylic acids is 2. The van der Waals surface area contributed by atoms with E-state index in [4.69, 9.17) is 10.5 Å². The Kier molecular flexibility index (Phi) is 6.45. The lowest BCUT2D eigenvalue weighted by atomic mass is 10.1. The second-order valence-corrected chi connectivity index (χ2v) is 4.05. The number of ether oxygens (including phenoxy) is 1. The molecule has 20 heavy (non-hydrogen) atoms. The molecule has 1 aromatic carbocycles. The van der Waals surface area contributed by atoms with Crippen LogP contribution in [0.2, 0.25) is 0 Å². The maximum absolute atomic E-state index is 13.2. The minimum Gasteiger partial charge on any atom is -0.396 e. The lowest BCUT2D eigenvalue weighted by Crippen LogP contribution is -2.32. The number of para-hydroxylation sites is 1. The van der Waals surface area contributed by atoms with Crippen molar-refractivity contribution in [3.63, 3.8) is 0 Å². The van der Waals surface area contributed by atoms with Crippen LogP contribution in [0, 0.1) is 5.82 Å². The van der Waals surface area contributed by atoms with Gasteiger partial charge in [-0.25, -0.2) is 4.39 Å². The normalized spacial score (nSPS) is 10.1. The summed E-state index contributed by atoms with van der Waals surface area (Å²) < 4.78 is 18.0. The first kappa shape index (κ1) is 15.9. The number of rotatable bonds is 7. The Bertz CT molecular complexity index is 480. The van der Waals surface area contributed by atoms with E-state index < -0.39 is 11.7 Å². The third kappa shape index (κ3) is 4.85. The molecule has 0 atom stereocenters. The quantitative estimate of drug-likeness (QED) is 0.495. The van der Waals surface area contributed by atoms with Gasteiger partial charge >= 0.3 is 0 Å². The number of methoxy groups -OCH3 is 1. The van der Waals surface area contributed by atoms with Crippen LogP contribution in [-0.2, 0) is 9.53 Å². The van der Waals surface area contributed by atoms with Gasteiger partial charge in [0, 0.05) is 26.6 Å². The molecule has 0 heterocycles. The predicted molar refractivity (Wildman–Crippen MR) is 72.6 cm³/mol. The summed E-state index contributed by atoms with van der Waals surface area (Å²) in [6.07, 6.45) is 0.130. The molecule has 1 rings (SSSR count). The average molecular weight is 283 g/mol. The summed E-state index contributed by atoms with van der Waals surface area (Å²) in [5, 5.41) is 5.13. The van der Waals surface area contributed by atoms with E-state index in [1.807, 2.05) is 0 Å².